The van der Waals surface area contributed by atoms with Crippen molar-refractivity contribution in [3.63, 3.8) is 0 Å². The van der Waals surface area contributed by atoms with Gasteiger partial charge < -0.3 is 21.1 Å². The van der Waals surface area contributed by atoms with Gasteiger partial charge in [-0.1, -0.05) is 13.5 Å². The van der Waals surface area contributed by atoms with E-state index in [1.807, 2.05) is 0 Å². The van der Waals surface area contributed by atoms with Crippen LogP contribution in [0.15, 0.2) is 12.7 Å². The highest BCUT2D eigenvalue weighted by Crippen LogP contribution is 2.07. The minimum atomic E-state index is -1.53. The number of carboxylic acids is 1. The van der Waals surface area contributed by atoms with Gasteiger partial charge in [0, 0.05) is 12.5 Å². The van der Waals surface area contributed by atoms with Crippen LogP contribution in [0.4, 0.5) is 0 Å². The number of carboxylic acid groups (broad SMARTS) is 1. The highest BCUT2D eigenvalue weighted by atomic mass is 16.5. The predicted molar refractivity (Wildman–Crippen MR) is 49.0 cm³/mol. The third kappa shape index (κ3) is 14.0. The van der Waals surface area contributed by atoms with Crippen molar-refractivity contribution in [1.82, 2.24) is 0 Å². The first-order valence-electron chi connectivity index (χ1n) is 3.89. The van der Waals surface area contributed by atoms with Crippen LogP contribution in [0.25, 0.3) is 0 Å². The molecule has 0 rings (SSSR count). The summed E-state index contributed by atoms with van der Waals surface area (Å²) in [6.45, 7) is 4.98. The van der Waals surface area contributed by atoms with Gasteiger partial charge in [0.25, 0.3) is 0 Å². The Kier molecular flexibility index (Phi) is 8.68. The van der Waals surface area contributed by atoms with Gasteiger partial charge in [0.1, 0.15) is 0 Å². The number of hydrogen-bond donors (Lipinski definition) is 4. The zero-order chi connectivity index (χ0) is 10.9. The summed E-state index contributed by atoms with van der Waals surface area (Å²) >= 11 is 0. The molecule has 0 heterocycles. The number of aliphatic hydroxyl groups is 2. The smallest absolute Gasteiger partial charge is 0.327 e. The van der Waals surface area contributed by atoms with E-state index in [9.17, 15) is 4.79 Å². The molecule has 5 nitrogen and oxygen atoms in total. The van der Waals surface area contributed by atoms with Gasteiger partial charge in [0.2, 0.25) is 0 Å². The minimum Gasteiger partial charge on any atom is -0.478 e. The molecule has 0 spiro atoms. The molecule has 0 unspecified atom stereocenters. The molecule has 0 aliphatic heterocycles. The van der Waals surface area contributed by atoms with Crippen molar-refractivity contribution < 1.29 is 20.1 Å². The lowest BCUT2D eigenvalue weighted by molar-refractivity contribution is -0.165. The second-order valence-electron chi connectivity index (χ2n) is 2.42. The van der Waals surface area contributed by atoms with Crippen LogP contribution in [-0.4, -0.2) is 33.6 Å². The molecule has 0 aromatic carbocycles. The van der Waals surface area contributed by atoms with E-state index in [1.165, 1.54) is 0 Å². The van der Waals surface area contributed by atoms with Crippen LogP contribution in [0.5, 0.6) is 0 Å². The average Bonchev–Trinajstić information content (AvgIpc) is 2.05. The van der Waals surface area contributed by atoms with Crippen molar-refractivity contribution >= 4 is 5.97 Å². The summed E-state index contributed by atoms with van der Waals surface area (Å²) in [7, 11) is 0. The molecule has 0 aromatic rings. The van der Waals surface area contributed by atoms with E-state index in [-0.39, 0.29) is 6.42 Å². The Morgan fingerprint density at radius 3 is 2.08 bits per heavy atom. The summed E-state index contributed by atoms with van der Waals surface area (Å²) in [4.78, 5) is 9.25. The summed E-state index contributed by atoms with van der Waals surface area (Å²) in [5, 5.41) is 25.2. The highest BCUT2D eigenvalue weighted by molar-refractivity contribution is 5.78. The first-order chi connectivity index (χ1) is 5.89. The summed E-state index contributed by atoms with van der Waals surface area (Å²) in [5.41, 5.74) is 5.07. The van der Waals surface area contributed by atoms with Gasteiger partial charge in [-0.2, -0.15) is 0 Å². The lowest BCUT2D eigenvalue weighted by atomic mass is 10.1. The molecular weight excluding hydrogens is 174 g/mol. The average molecular weight is 191 g/mol. The molecule has 0 amide bonds. The maximum absolute atomic E-state index is 9.25. The van der Waals surface area contributed by atoms with E-state index in [0.717, 1.165) is 6.08 Å². The fourth-order valence-electron chi connectivity index (χ4n) is 0.408. The molecule has 0 aliphatic carbocycles. The third-order valence-electron chi connectivity index (χ3n) is 1.29. The van der Waals surface area contributed by atoms with E-state index in [0.29, 0.717) is 13.0 Å². The lowest BCUT2D eigenvalue weighted by Gasteiger charge is -2.17. The van der Waals surface area contributed by atoms with Crippen molar-refractivity contribution in [2.75, 3.05) is 6.54 Å². The van der Waals surface area contributed by atoms with Crippen molar-refractivity contribution in [3.8, 4) is 0 Å². The van der Waals surface area contributed by atoms with Gasteiger partial charge in [-0.05, 0) is 13.0 Å². The largest absolute Gasteiger partial charge is 0.478 e. The third-order valence-corrected chi connectivity index (χ3v) is 1.29. The summed E-state index contributed by atoms with van der Waals surface area (Å²) in [6.07, 6.45) is 1.42. The van der Waals surface area contributed by atoms with Crippen LogP contribution in [-0.2, 0) is 4.79 Å². The zero-order valence-corrected chi connectivity index (χ0v) is 7.73. The minimum absolute atomic E-state index is 0.253. The Balaban J connectivity index is 0. The van der Waals surface area contributed by atoms with Crippen molar-refractivity contribution in [2.24, 2.45) is 5.73 Å². The second kappa shape index (κ2) is 7.72. The Labute approximate surface area is 77.5 Å². The zero-order valence-electron chi connectivity index (χ0n) is 7.73. The Hall–Kier alpha value is -0.910. The molecule has 0 atom stereocenters. The normalized spacial score (nSPS) is 9.85. The Morgan fingerprint density at radius 1 is 1.62 bits per heavy atom. The molecule has 0 saturated heterocycles. The molecular formula is C8H17NO4. The van der Waals surface area contributed by atoms with E-state index in [2.05, 4.69) is 6.58 Å². The summed E-state index contributed by atoms with van der Waals surface area (Å²) < 4.78 is 0. The van der Waals surface area contributed by atoms with Crippen LogP contribution in [0.3, 0.4) is 0 Å². The van der Waals surface area contributed by atoms with Crippen molar-refractivity contribution in [3.05, 3.63) is 12.7 Å². The fraction of sp³-hybridized carbons (Fsp3) is 0.625. The maximum atomic E-state index is 9.25. The predicted octanol–water partition coefficient (Wildman–Crippen LogP) is -0.317. The highest BCUT2D eigenvalue weighted by Gasteiger charge is 2.17. The molecule has 0 bridgehead atoms. The molecule has 0 aromatic heterocycles. The van der Waals surface area contributed by atoms with Gasteiger partial charge in [0.05, 0.1) is 0 Å². The van der Waals surface area contributed by atoms with Crippen LogP contribution in [0.2, 0.25) is 0 Å². The number of aliphatic carboxylic acids is 1. The van der Waals surface area contributed by atoms with Crippen molar-refractivity contribution in [1.29, 1.82) is 0 Å². The SMILES string of the molecule is C=CC(=O)O.CCC(O)(O)CCN. The molecule has 0 radical (unpaired) electrons. The van der Waals surface area contributed by atoms with E-state index >= 15 is 0 Å². The lowest BCUT2D eigenvalue weighted by Crippen LogP contribution is -2.29. The molecule has 0 fully saturated rings. The maximum Gasteiger partial charge on any atom is 0.327 e. The number of carbonyl (C=O) groups is 1. The molecule has 5 heteroatoms. The van der Waals surface area contributed by atoms with Crippen LogP contribution in [0.1, 0.15) is 19.8 Å². The van der Waals surface area contributed by atoms with Gasteiger partial charge in [-0.25, -0.2) is 4.79 Å². The van der Waals surface area contributed by atoms with Gasteiger partial charge in [-0.15, -0.1) is 0 Å². The fourth-order valence-corrected chi connectivity index (χ4v) is 0.408. The number of nitrogens with two attached hydrogens (primary N) is 1. The first kappa shape index (κ1) is 14.6. The Morgan fingerprint density at radius 2 is 2.00 bits per heavy atom. The Bertz CT molecular complexity index is 156. The first-order valence-corrected chi connectivity index (χ1v) is 3.89. The molecule has 0 saturated carbocycles. The number of hydrogen-bond acceptors (Lipinski definition) is 4. The molecule has 0 aliphatic rings. The van der Waals surface area contributed by atoms with E-state index in [4.69, 9.17) is 21.1 Å². The molecule has 78 valence electrons. The van der Waals surface area contributed by atoms with E-state index in [1.54, 1.807) is 6.92 Å². The molecule has 5 N–H and O–H groups in total. The van der Waals surface area contributed by atoms with Crippen molar-refractivity contribution in [2.45, 2.75) is 25.6 Å². The van der Waals surface area contributed by atoms with Crippen LogP contribution >= 0.6 is 0 Å². The monoisotopic (exact) mass is 191 g/mol. The quantitative estimate of drug-likeness (QED) is 0.360. The second-order valence-corrected chi connectivity index (χ2v) is 2.42. The standard InChI is InChI=1S/C5H13NO2.C3H4O2/c1-2-5(7,8)3-4-6;1-2-3(4)5/h7-8H,2-4,6H2,1H3;2H,1H2,(H,4,5). The molecule has 13 heavy (non-hydrogen) atoms. The topological polar surface area (TPSA) is 104 Å². The van der Waals surface area contributed by atoms with Crippen LogP contribution in [0, 0.1) is 0 Å². The van der Waals surface area contributed by atoms with Gasteiger partial charge in [0.15, 0.2) is 5.79 Å². The summed E-state index contributed by atoms with van der Waals surface area (Å²) in [5.74, 6) is -2.51. The van der Waals surface area contributed by atoms with Crippen LogP contribution < -0.4 is 5.73 Å². The number of rotatable bonds is 4. The summed E-state index contributed by atoms with van der Waals surface area (Å²) in [6, 6.07) is 0. The van der Waals surface area contributed by atoms with Gasteiger partial charge >= 0.3 is 5.97 Å². The van der Waals surface area contributed by atoms with E-state index < -0.39 is 11.8 Å². The van der Waals surface area contributed by atoms with Gasteiger partial charge in [-0.3, -0.25) is 0 Å².